The van der Waals surface area contributed by atoms with Gasteiger partial charge in [-0.2, -0.15) is 0 Å². The van der Waals surface area contributed by atoms with Crippen molar-refractivity contribution in [2.75, 3.05) is 13.2 Å². The number of alkyl carbamates (subject to hydrolysis) is 1. The van der Waals surface area contributed by atoms with E-state index >= 15 is 0 Å². The lowest BCUT2D eigenvalue weighted by Crippen LogP contribution is -2.61. The number of hydrogen-bond donors (Lipinski definition) is 2. The molecular formula is C15H20N2O4. The van der Waals surface area contributed by atoms with Crippen LogP contribution in [0.1, 0.15) is 25.3 Å². The highest BCUT2D eigenvalue weighted by molar-refractivity contribution is 5.90. The number of nitrogens with one attached hydrogen (secondary N) is 2. The van der Waals surface area contributed by atoms with Gasteiger partial charge >= 0.3 is 6.09 Å². The van der Waals surface area contributed by atoms with E-state index in [1.807, 2.05) is 24.3 Å². The Kier molecular flexibility index (Phi) is 5.43. The van der Waals surface area contributed by atoms with Gasteiger partial charge in [-0.05, 0) is 24.1 Å². The predicted molar refractivity (Wildman–Crippen MR) is 77.0 cm³/mol. The number of benzene rings is 1. The van der Waals surface area contributed by atoms with E-state index in [0.29, 0.717) is 13.2 Å². The fraction of sp³-hybridized carbons (Fsp3) is 0.467. The van der Waals surface area contributed by atoms with Crippen molar-refractivity contribution in [3.05, 3.63) is 29.8 Å². The van der Waals surface area contributed by atoms with Crippen LogP contribution in [0.2, 0.25) is 0 Å². The van der Waals surface area contributed by atoms with Crippen LogP contribution in [0.5, 0.6) is 5.75 Å². The second-order valence-electron chi connectivity index (χ2n) is 4.86. The molecule has 21 heavy (non-hydrogen) atoms. The molecule has 0 saturated carbocycles. The summed E-state index contributed by atoms with van der Waals surface area (Å²) in [7, 11) is 0. The SMILES string of the molecule is CCCCOc1ccc(COC(=O)N[C@H]2CNC2=O)cc1. The summed E-state index contributed by atoms with van der Waals surface area (Å²) in [4.78, 5) is 22.5. The summed E-state index contributed by atoms with van der Waals surface area (Å²) in [6.45, 7) is 3.44. The molecule has 0 aromatic heterocycles. The monoisotopic (exact) mass is 292 g/mol. The molecule has 6 nitrogen and oxygen atoms in total. The van der Waals surface area contributed by atoms with E-state index < -0.39 is 12.1 Å². The van der Waals surface area contributed by atoms with Gasteiger partial charge in [-0.1, -0.05) is 25.5 Å². The van der Waals surface area contributed by atoms with Crippen LogP contribution in [0.4, 0.5) is 4.79 Å². The van der Waals surface area contributed by atoms with Gasteiger partial charge in [0.05, 0.1) is 6.61 Å². The molecule has 1 atom stereocenters. The molecule has 0 bridgehead atoms. The van der Waals surface area contributed by atoms with Crippen molar-refractivity contribution >= 4 is 12.0 Å². The van der Waals surface area contributed by atoms with Gasteiger partial charge in [-0.25, -0.2) is 4.79 Å². The molecule has 0 radical (unpaired) electrons. The second-order valence-corrected chi connectivity index (χ2v) is 4.86. The summed E-state index contributed by atoms with van der Waals surface area (Å²) in [5, 5.41) is 5.03. The maximum absolute atomic E-state index is 11.5. The van der Waals surface area contributed by atoms with Gasteiger partial charge in [0, 0.05) is 6.54 Å². The number of amides is 2. The molecule has 1 heterocycles. The van der Waals surface area contributed by atoms with Gasteiger partial charge in [0.1, 0.15) is 18.4 Å². The quantitative estimate of drug-likeness (QED) is 0.591. The Morgan fingerprint density at radius 3 is 2.71 bits per heavy atom. The van der Waals surface area contributed by atoms with Gasteiger partial charge < -0.3 is 20.1 Å². The largest absolute Gasteiger partial charge is 0.494 e. The lowest BCUT2D eigenvalue weighted by atomic mass is 10.2. The van der Waals surface area contributed by atoms with Crippen molar-refractivity contribution < 1.29 is 19.1 Å². The molecule has 0 aliphatic carbocycles. The smallest absolute Gasteiger partial charge is 0.408 e. The molecule has 2 rings (SSSR count). The third-order valence-electron chi connectivity index (χ3n) is 3.15. The first kappa shape index (κ1) is 15.2. The van der Waals surface area contributed by atoms with E-state index in [-0.39, 0.29) is 12.5 Å². The van der Waals surface area contributed by atoms with E-state index in [4.69, 9.17) is 9.47 Å². The molecule has 1 saturated heterocycles. The van der Waals surface area contributed by atoms with Gasteiger partial charge in [0.25, 0.3) is 0 Å². The first-order chi connectivity index (χ1) is 10.2. The zero-order chi connectivity index (χ0) is 15.1. The maximum Gasteiger partial charge on any atom is 0.408 e. The molecule has 0 spiro atoms. The van der Waals surface area contributed by atoms with E-state index in [1.165, 1.54) is 0 Å². The molecule has 2 N–H and O–H groups in total. The lowest BCUT2D eigenvalue weighted by molar-refractivity contribution is -0.128. The normalized spacial score (nSPS) is 16.6. The average Bonchev–Trinajstić information content (AvgIpc) is 2.50. The number of carbonyl (C=O) groups is 2. The van der Waals surface area contributed by atoms with Gasteiger partial charge in [-0.3, -0.25) is 4.79 Å². The number of rotatable bonds is 7. The van der Waals surface area contributed by atoms with Crippen molar-refractivity contribution in [1.29, 1.82) is 0 Å². The van der Waals surface area contributed by atoms with Crippen molar-refractivity contribution in [1.82, 2.24) is 10.6 Å². The second kappa shape index (κ2) is 7.52. The average molecular weight is 292 g/mol. The molecule has 6 heteroatoms. The van der Waals surface area contributed by atoms with Gasteiger partial charge in [-0.15, -0.1) is 0 Å². The number of carbonyl (C=O) groups excluding carboxylic acids is 2. The highest BCUT2D eigenvalue weighted by Crippen LogP contribution is 2.13. The zero-order valence-electron chi connectivity index (χ0n) is 12.1. The Labute approximate surface area is 123 Å². The van der Waals surface area contributed by atoms with Crippen molar-refractivity contribution in [3.8, 4) is 5.75 Å². The van der Waals surface area contributed by atoms with Crippen molar-refractivity contribution in [2.24, 2.45) is 0 Å². The Morgan fingerprint density at radius 1 is 1.38 bits per heavy atom. The third-order valence-corrected chi connectivity index (χ3v) is 3.15. The summed E-state index contributed by atoms with van der Waals surface area (Å²) in [5.41, 5.74) is 0.867. The van der Waals surface area contributed by atoms with E-state index in [1.54, 1.807) is 0 Å². The number of unbranched alkanes of at least 4 members (excludes halogenated alkanes) is 1. The minimum atomic E-state index is -0.585. The van der Waals surface area contributed by atoms with Crippen LogP contribution in [0, 0.1) is 0 Å². The fourth-order valence-corrected chi connectivity index (χ4v) is 1.75. The highest BCUT2D eigenvalue weighted by Gasteiger charge is 2.29. The van der Waals surface area contributed by atoms with Crippen LogP contribution in [-0.4, -0.2) is 31.2 Å². The summed E-state index contributed by atoms with van der Waals surface area (Å²) < 4.78 is 10.6. The predicted octanol–water partition coefficient (Wildman–Crippen LogP) is 1.59. The first-order valence-corrected chi connectivity index (χ1v) is 7.12. The first-order valence-electron chi connectivity index (χ1n) is 7.12. The Bertz CT molecular complexity index is 487. The van der Waals surface area contributed by atoms with Crippen LogP contribution in [-0.2, 0) is 16.1 Å². The van der Waals surface area contributed by atoms with E-state index in [2.05, 4.69) is 17.6 Å². The Hall–Kier alpha value is -2.24. The number of hydrogen-bond acceptors (Lipinski definition) is 4. The standard InChI is InChI=1S/C15H20N2O4/c1-2-3-8-20-12-6-4-11(5-7-12)10-21-15(19)17-13-9-16-14(13)18/h4-7,13H,2-3,8-10H2,1H3,(H,16,18)(H,17,19)/t13-/m0/s1. The van der Waals surface area contributed by atoms with Crippen molar-refractivity contribution in [3.63, 3.8) is 0 Å². The van der Waals surface area contributed by atoms with Gasteiger partial charge in [0.15, 0.2) is 0 Å². The van der Waals surface area contributed by atoms with Crippen molar-refractivity contribution in [2.45, 2.75) is 32.4 Å². The summed E-state index contributed by atoms with van der Waals surface area (Å²) in [6.07, 6.45) is 1.54. The molecule has 1 fully saturated rings. The number of ether oxygens (including phenoxy) is 2. The van der Waals surface area contributed by atoms with Crippen LogP contribution in [0.25, 0.3) is 0 Å². The van der Waals surface area contributed by atoms with Crippen LogP contribution < -0.4 is 15.4 Å². The molecule has 1 aliphatic rings. The highest BCUT2D eigenvalue weighted by atomic mass is 16.5. The fourth-order valence-electron chi connectivity index (χ4n) is 1.75. The zero-order valence-corrected chi connectivity index (χ0v) is 12.1. The Balaban J connectivity index is 1.70. The van der Waals surface area contributed by atoms with E-state index in [0.717, 1.165) is 24.2 Å². The maximum atomic E-state index is 11.5. The lowest BCUT2D eigenvalue weighted by Gasteiger charge is -2.26. The summed E-state index contributed by atoms with van der Waals surface area (Å²) in [6, 6.07) is 6.94. The molecule has 0 unspecified atom stereocenters. The molecule has 114 valence electrons. The molecule has 2 amide bonds. The number of β-lactam (4-membered cyclic amide) rings is 1. The van der Waals surface area contributed by atoms with Crippen LogP contribution in [0.15, 0.2) is 24.3 Å². The molecule has 1 aromatic rings. The van der Waals surface area contributed by atoms with Crippen LogP contribution >= 0.6 is 0 Å². The Morgan fingerprint density at radius 2 is 2.14 bits per heavy atom. The minimum Gasteiger partial charge on any atom is -0.494 e. The summed E-state index contributed by atoms with van der Waals surface area (Å²) in [5.74, 6) is 0.628. The summed E-state index contributed by atoms with van der Waals surface area (Å²) >= 11 is 0. The topological polar surface area (TPSA) is 76.7 Å². The third kappa shape index (κ3) is 4.66. The molecular weight excluding hydrogens is 272 g/mol. The van der Waals surface area contributed by atoms with E-state index in [9.17, 15) is 9.59 Å². The van der Waals surface area contributed by atoms with Crippen LogP contribution in [0.3, 0.4) is 0 Å². The van der Waals surface area contributed by atoms with Gasteiger partial charge in [0.2, 0.25) is 5.91 Å². The molecule has 1 aromatic carbocycles. The molecule has 1 aliphatic heterocycles. The minimum absolute atomic E-state index is 0.162.